The molecule has 260 valence electrons. The van der Waals surface area contributed by atoms with Crippen molar-refractivity contribution < 1.29 is 14.2 Å². The number of ether oxygens (including phenoxy) is 3. The molecule has 0 spiro atoms. The van der Waals surface area contributed by atoms with Crippen molar-refractivity contribution in [1.82, 2.24) is 34.7 Å². The standard InChI is InChI=1S/C37H43N9O4/c47-36-44(28-41-45(36)24-29-14-16-38-17-15-29)33-8-6-31(7-9-33)42-20-22-43(23-21-42)32-10-12-34(13-11-32)48-25-35-26-49-37(50-35,27-46-39-18-19-40-46)30-4-2-1-3-5-30/h1-13,18-19,28-29,35,38H,14-17,20-27H2/t35-,37-/m1/s1. The number of piperidine rings is 1. The second-order valence-electron chi connectivity index (χ2n) is 13.2. The van der Waals surface area contributed by atoms with Crippen LogP contribution in [0.5, 0.6) is 5.75 Å². The molecule has 13 nitrogen and oxygen atoms in total. The molecule has 0 radical (unpaired) electrons. The Morgan fingerprint density at radius 3 is 2.12 bits per heavy atom. The number of nitrogens with one attached hydrogen (secondary N) is 1. The van der Waals surface area contributed by atoms with Crippen LogP contribution in [0.25, 0.3) is 5.69 Å². The maximum Gasteiger partial charge on any atom is 0.350 e. The van der Waals surface area contributed by atoms with Crippen LogP contribution in [0.3, 0.4) is 0 Å². The van der Waals surface area contributed by atoms with Crippen LogP contribution in [0.4, 0.5) is 11.4 Å². The molecule has 3 saturated heterocycles. The van der Waals surface area contributed by atoms with Gasteiger partial charge in [-0.2, -0.15) is 20.1 Å². The van der Waals surface area contributed by atoms with Gasteiger partial charge in [-0.1, -0.05) is 30.3 Å². The Hall–Kier alpha value is -4.98. The first-order valence-corrected chi connectivity index (χ1v) is 17.5. The van der Waals surface area contributed by atoms with E-state index in [1.165, 1.54) is 5.69 Å². The Kier molecular flexibility index (Phi) is 9.33. The average molecular weight is 678 g/mol. The molecule has 0 aliphatic carbocycles. The number of rotatable bonds is 11. The van der Waals surface area contributed by atoms with Gasteiger partial charge in [-0.05, 0) is 80.4 Å². The number of anilines is 2. The minimum Gasteiger partial charge on any atom is -0.491 e. The van der Waals surface area contributed by atoms with Crippen molar-refractivity contribution in [2.24, 2.45) is 5.92 Å². The molecule has 3 aromatic carbocycles. The van der Waals surface area contributed by atoms with E-state index < -0.39 is 5.79 Å². The average Bonchev–Trinajstić information content (AvgIpc) is 3.94. The predicted octanol–water partition coefficient (Wildman–Crippen LogP) is 3.30. The van der Waals surface area contributed by atoms with E-state index >= 15 is 0 Å². The molecule has 0 unspecified atom stereocenters. The molecule has 8 rings (SSSR count). The van der Waals surface area contributed by atoms with Gasteiger partial charge in [0.15, 0.2) is 0 Å². The zero-order chi connectivity index (χ0) is 33.8. The maximum atomic E-state index is 13.0. The van der Waals surface area contributed by atoms with Gasteiger partial charge >= 0.3 is 5.69 Å². The second kappa shape index (κ2) is 14.5. The summed E-state index contributed by atoms with van der Waals surface area (Å²) in [4.78, 5) is 19.4. The minimum absolute atomic E-state index is 0.0773. The van der Waals surface area contributed by atoms with Gasteiger partial charge in [0.1, 0.15) is 31.3 Å². The lowest BCUT2D eigenvalue weighted by Crippen LogP contribution is -2.46. The molecule has 5 heterocycles. The van der Waals surface area contributed by atoms with Crippen LogP contribution in [0.1, 0.15) is 18.4 Å². The fourth-order valence-electron chi connectivity index (χ4n) is 7.11. The molecule has 50 heavy (non-hydrogen) atoms. The third-order valence-electron chi connectivity index (χ3n) is 9.92. The Morgan fingerprint density at radius 1 is 0.800 bits per heavy atom. The van der Waals surface area contributed by atoms with Crippen LogP contribution in [0.2, 0.25) is 0 Å². The third-order valence-corrected chi connectivity index (χ3v) is 9.92. The zero-order valence-electron chi connectivity index (χ0n) is 28.1. The number of hydrogen-bond donors (Lipinski definition) is 1. The van der Waals surface area contributed by atoms with Crippen molar-refractivity contribution in [3.8, 4) is 11.4 Å². The Morgan fingerprint density at radius 2 is 1.44 bits per heavy atom. The van der Waals surface area contributed by atoms with Crippen LogP contribution in [0, 0.1) is 5.92 Å². The third kappa shape index (κ3) is 7.02. The van der Waals surface area contributed by atoms with Crippen molar-refractivity contribution in [3.05, 3.63) is 114 Å². The minimum atomic E-state index is -0.974. The van der Waals surface area contributed by atoms with E-state index in [0.29, 0.717) is 32.2 Å². The second-order valence-corrected chi connectivity index (χ2v) is 13.2. The lowest BCUT2D eigenvalue weighted by atomic mass is 9.98. The van der Waals surface area contributed by atoms with Gasteiger partial charge in [-0.15, -0.1) is 0 Å². The molecule has 1 N–H and O–H groups in total. The molecule has 3 aliphatic rings. The summed E-state index contributed by atoms with van der Waals surface area (Å²) in [6.45, 7) is 7.44. The van der Waals surface area contributed by atoms with Gasteiger partial charge in [0.2, 0.25) is 5.79 Å². The summed E-state index contributed by atoms with van der Waals surface area (Å²) in [6, 6.07) is 26.4. The first kappa shape index (κ1) is 32.2. The molecule has 3 fully saturated rings. The molecular weight excluding hydrogens is 634 g/mol. The molecule has 3 aliphatic heterocycles. The highest BCUT2D eigenvalue weighted by Crippen LogP contribution is 2.36. The van der Waals surface area contributed by atoms with Crippen LogP contribution in [-0.2, 0) is 28.4 Å². The highest BCUT2D eigenvalue weighted by Gasteiger charge is 2.44. The fourth-order valence-corrected chi connectivity index (χ4v) is 7.11. The summed E-state index contributed by atoms with van der Waals surface area (Å²) >= 11 is 0. The SMILES string of the molecule is O=c1n(-c2ccc(N3CCN(c4ccc(OC[C@@H]5CO[C@@](Cn6nccn6)(c6ccccc6)O5)cc4)CC3)cc2)cnn1CC1CCNCC1. The molecule has 2 atom stereocenters. The highest BCUT2D eigenvalue weighted by atomic mass is 16.8. The monoisotopic (exact) mass is 677 g/mol. The van der Waals surface area contributed by atoms with E-state index in [0.717, 1.165) is 74.8 Å². The van der Waals surface area contributed by atoms with Crippen molar-refractivity contribution in [3.63, 3.8) is 0 Å². The van der Waals surface area contributed by atoms with Crippen molar-refractivity contribution >= 4 is 11.4 Å². The normalized spacial score (nSPS) is 21.5. The van der Waals surface area contributed by atoms with Crippen molar-refractivity contribution in [1.29, 1.82) is 0 Å². The largest absolute Gasteiger partial charge is 0.491 e. The first-order chi connectivity index (χ1) is 24.6. The molecule has 5 aromatic rings. The highest BCUT2D eigenvalue weighted by molar-refractivity contribution is 5.54. The van der Waals surface area contributed by atoms with Gasteiger partial charge < -0.3 is 29.3 Å². The fraction of sp³-hybridized carbons (Fsp3) is 0.405. The van der Waals surface area contributed by atoms with E-state index in [2.05, 4.69) is 54.7 Å². The maximum absolute atomic E-state index is 13.0. The van der Waals surface area contributed by atoms with E-state index in [1.54, 1.807) is 32.8 Å². The Balaban J connectivity index is 0.824. The zero-order valence-corrected chi connectivity index (χ0v) is 28.1. The van der Waals surface area contributed by atoms with Gasteiger partial charge in [0, 0.05) is 49.7 Å². The van der Waals surface area contributed by atoms with Gasteiger partial charge in [-0.25, -0.2) is 14.0 Å². The Bertz CT molecular complexity index is 1860. The van der Waals surface area contributed by atoms with Crippen LogP contribution in [-0.4, -0.2) is 87.9 Å². The lowest BCUT2D eigenvalue weighted by molar-refractivity contribution is -0.192. The van der Waals surface area contributed by atoms with Crippen LogP contribution >= 0.6 is 0 Å². The quantitative estimate of drug-likeness (QED) is 0.223. The topological polar surface area (TPSA) is 117 Å². The number of benzene rings is 3. The van der Waals surface area contributed by atoms with Crippen LogP contribution < -0.4 is 25.5 Å². The summed E-state index contributed by atoms with van der Waals surface area (Å²) in [7, 11) is 0. The van der Waals surface area contributed by atoms with Crippen molar-refractivity contribution in [2.45, 2.75) is 37.8 Å². The number of piperazine rings is 1. The molecule has 0 amide bonds. The first-order valence-electron chi connectivity index (χ1n) is 17.5. The molecule has 2 aromatic heterocycles. The van der Waals surface area contributed by atoms with E-state index in [4.69, 9.17) is 14.2 Å². The molecule has 0 saturated carbocycles. The summed E-state index contributed by atoms with van der Waals surface area (Å²) < 4.78 is 22.1. The lowest BCUT2D eigenvalue weighted by Gasteiger charge is -2.37. The predicted molar refractivity (Wildman–Crippen MR) is 189 cm³/mol. The smallest absolute Gasteiger partial charge is 0.350 e. The number of nitrogens with zero attached hydrogens (tertiary/aromatic N) is 8. The van der Waals surface area contributed by atoms with Crippen LogP contribution in [0.15, 0.2) is 102 Å². The number of hydrogen-bond acceptors (Lipinski definition) is 10. The summed E-state index contributed by atoms with van der Waals surface area (Å²) in [5, 5.41) is 16.3. The van der Waals surface area contributed by atoms with E-state index in [1.807, 2.05) is 54.6 Å². The van der Waals surface area contributed by atoms with Gasteiger partial charge in [-0.3, -0.25) is 0 Å². The molecule has 13 heteroatoms. The van der Waals surface area contributed by atoms with E-state index in [9.17, 15) is 4.79 Å². The van der Waals surface area contributed by atoms with Crippen molar-refractivity contribution in [2.75, 3.05) is 62.3 Å². The summed E-state index contributed by atoms with van der Waals surface area (Å²) in [5.41, 5.74) is 4.01. The molecular formula is C37H43N9O4. The van der Waals surface area contributed by atoms with E-state index in [-0.39, 0.29) is 11.8 Å². The Labute approximate surface area is 291 Å². The summed E-state index contributed by atoms with van der Waals surface area (Å²) in [6.07, 6.45) is 6.86. The summed E-state index contributed by atoms with van der Waals surface area (Å²) in [5.74, 6) is 0.312. The van der Waals surface area contributed by atoms with Gasteiger partial charge in [0.05, 0.1) is 24.7 Å². The number of aromatic nitrogens is 6. The molecule has 0 bridgehead atoms. The van der Waals surface area contributed by atoms with Gasteiger partial charge in [0.25, 0.3) is 0 Å².